The van der Waals surface area contributed by atoms with Gasteiger partial charge in [-0.2, -0.15) is 11.3 Å². The Morgan fingerprint density at radius 3 is 2.62 bits per heavy atom. The van der Waals surface area contributed by atoms with E-state index in [-0.39, 0.29) is 11.8 Å². The van der Waals surface area contributed by atoms with Crippen molar-refractivity contribution in [2.75, 3.05) is 25.5 Å². The molecule has 0 aliphatic heterocycles. The van der Waals surface area contributed by atoms with Crippen LogP contribution >= 0.6 is 11.3 Å². The van der Waals surface area contributed by atoms with E-state index in [9.17, 15) is 4.79 Å². The molecule has 0 bridgehead atoms. The smallest absolute Gasteiger partial charge is 0.224 e. The van der Waals surface area contributed by atoms with Crippen LogP contribution < -0.4 is 10.2 Å². The Hall–Kier alpha value is -3.05. The van der Waals surface area contributed by atoms with Crippen LogP contribution in [-0.2, 0) is 11.2 Å². The van der Waals surface area contributed by atoms with Gasteiger partial charge < -0.3 is 15.2 Å². The van der Waals surface area contributed by atoms with Crippen molar-refractivity contribution in [2.45, 2.75) is 12.3 Å². The molecule has 0 saturated carbocycles. The Kier molecular flexibility index (Phi) is 5.67. The van der Waals surface area contributed by atoms with E-state index >= 15 is 0 Å². The molecule has 0 spiro atoms. The Morgan fingerprint density at radius 1 is 1.10 bits per heavy atom. The third kappa shape index (κ3) is 4.35. The minimum atomic E-state index is 0.0538. The van der Waals surface area contributed by atoms with Crippen LogP contribution in [0.4, 0.5) is 5.69 Å². The number of fused-ring (bicyclic) bond motifs is 1. The summed E-state index contributed by atoms with van der Waals surface area (Å²) < 4.78 is 0. The lowest BCUT2D eigenvalue weighted by Crippen LogP contribution is -2.30. The molecule has 1 atom stereocenters. The molecule has 4 aromatic rings. The van der Waals surface area contributed by atoms with Gasteiger partial charge in [-0.3, -0.25) is 4.79 Å². The van der Waals surface area contributed by atoms with E-state index in [0.717, 1.165) is 16.8 Å². The van der Waals surface area contributed by atoms with Gasteiger partial charge in [0.2, 0.25) is 5.91 Å². The second-order valence-corrected chi connectivity index (χ2v) is 8.22. The molecule has 148 valence electrons. The van der Waals surface area contributed by atoms with Crippen molar-refractivity contribution in [3.8, 4) is 0 Å². The summed E-state index contributed by atoms with van der Waals surface area (Å²) in [6, 6.07) is 18.9. The van der Waals surface area contributed by atoms with Gasteiger partial charge in [0.05, 0.1) is 6.42 Å². The fourth-order valence-electron chi connectivity index (χ4n) is 3.65. The van der Waals surface area contributed by atoms with Crippen LogP contribution in [0.3, 0.4) is 0 Å². The fourth-order valence-corrected chi connectivity index (χ4v) is 4.32. The number of nitrogens with zero attached hydrogens (tertiary/aromatic N) is 1. The lowest BCUT2D eigenvalue weighted by atomic mass is 9.90. The highest BCUT2D eigenvalue weighted by Gasteiger charge is 2.19. The number of hydrogen-bond donors (Lipinski definition) is 2. The van der Waals surface area contributed by atoms with Crippen LogP contribution in [-0.4, -0.2) is 31.5 Å². The van der Waals surface area contributed by atoms with E-state index in [1.165, 1.54) is 16.5 Å². The molecule has 2 aromatic heterocycles. The molecule has 0 aliphatic rings. The zero-order chi connectivity index (χ0) is 20.2. The molecular weight excluding hydrogens is 378 g/mol. The van der Waals surface area contributed by atoms with Crippen LogP contribution in [0.1, 0.15) is 22.6 Å². The molecule has 5 heteroatoms. The molecule has 4 rings (SSSR count). The first-order valence-corrected chi connectivity index (χ1v) is 10.7. The molecule has 1 amide bonds. The Bertz CT molecular complexity index is 1080. The molecule has 2 aromatic carbocycles. The van der Waals surface area contributed by atoms with Gasteiger partial charge >= 0.3 is 0 Å². The number of carbonyl (C=O) groups excluding carboxylic acids is 1. The van der Waals surface area contributed by atoms with Gasteiger partial charge in [0.25, 0.3) is 0 Å². The predicted molar refractivity (Wildman–Crippen MR) is 122 cm³/mol. The van der Waals surface area contributed by atoms with Gasteiger partial charge in [-0.05, 0) is 51.7 Å². The standard InChI is InChI=1S/C24H25N3OS/c1-27(2)19-9-7-18(8-10-19)21(14-26-24(28)13-17-11-12-29-16-17)22-15-25-23-6-4-3-5-20(22)23/h3-12,15-16,21,25H,13-14H2,1-2H3,(H,26,28). The van der Waals surface area contributed by atoms with E-state index in [1.807, 2.05) is 37.0 Å². The average Bonchev–Trinajstić information content (AvgIpc) is 3.39. The zero-order valence-electron chi connectivity index (χ0n) is 16.7. The van der Waals surface area contributed by atoms with Crippen molar-refractivity contribution in [1.29, 1.82) is 0 Å². The first-order chi connectivity index (χ1) is 14.1. The summed E-state index contributed by atoms with van der Waals surface area (Å²) in [6.45, 7) is 0.562. The highest BCUT2D eigenvalue weighted by Crippen LogP contribution is 2.31. The van der Waals surface area contributed by atoms with E-state index in [2.05, 4.69) is 63.9 Å². The van der Waals surface area contributed by atoms with Crippen LogP contribution in [0.25, 0.3) is 10.9 Å². The Balaban J connectivity index is 1.61. The molecular formula is C24H25N3OS. The largest absolute Gasteiger partial charge is 0.378 e. The number of para-hydroxylation sites is 1. The lowest BCUT2D eigenvalue weighted by molar-refractivity contribution is -0.120. The molecule has 0 fully saturated rings. The third-order valence-corrected chi connectivity index (χ3v) is 5.99. The van der Waals surface area contributed by atoms with Crippen molar-refractivity contribution in [2.24, 2.45) is 0 Å². The van der Waals surface area contributed by atoms with E-state index in [1.54, 1.807) is 11.3 Å². The molecule has 2 heterocycles. The topological polar surface area (TPSA) is 48.1 Å². The SMILES string of the molecule is CN(C)c1ccc(C(CNC(=O)Cc2ccsc2)c2c[nH]c3ccccc23)cc1. The number of aromatic nitrogens is 1. The third-order valence-electron chi connectivity index (χ3n) is 5.26. The quantitative estimate of drug-likeness (QED) is 0.466. The van der Waals surface area contributed by atoms with Crippen molar-refractivity contribution in [3.63, 3.8) is 0 Å². The van der Waals surface area contributed by atoms with Gasteiger partial charge in [0, 0.05) is 49.3 Å². The van der Waals surface area contributed by atoms with Gasteiger partial charge in [0.1, 0.15) is 0 Å². The number of thiophene rings is 1. The summed E-state index contributed by atoms with van der Waals surface area (Å²) in [5.74, 6) is 0.131. The minimum absolute atomic E-state index is 0.0538. The van der Waals surface area contributed by atoms with Crippen molar-refractivity contribution in [3.05, 3.63) is 88.2 Å². The maximum absolute atomic E-state index is 12.5. The summed E-state index contributed by atoms with van der Waals surface area (Å²) in [5.41, 5.74) is 5.73. The second-order valence-electron chi connectivity index (χ2n) is 7.44. The summed E-state index contributed by atoms with van der Waals surface area (Å²) in [5, 5.41) is 8.38. The van der Waals surface area contributed by atoms with Crippen molar-refractivity contribution in [1.82, 2.24) is 10.3 Å². The number of amides is 1. The number of anilines is 1. The van der Waals surface area contributed by atoms with Crippen LogP contribution in [0.5, 0.6) is 0 Å². The molecule has 4 nitrogen and oxygen atoms in total. The molecule has 2 N–H and O–H groups in total. The molecule has 1 unspecified atom stereocenters. The van der Waals surface area contributed by atoms with Gasteiger partial charge in [-0.1, -0.05) is 30.3 Å². The normalized spacial score (nSPS) is 12.1. The Labute approximate surface area is 175 Å². The minimum Gasteiger partial charge on any atom is -0.378 e. The fraction of sp³-hybridized carbons (Fsp3) is 0.208. The zero-order valence-corrected chi connectivity index (χ0v) is 17.5. The van der Waals surface area contributed by atoms with Crippen LogP contribution in [0, 0.1) is 0 Å². The number of carbonyl (C=O) groups is 1. The summed E-state index contributed by atoms with van der Waals surface area (Å²) in [4.78, 5) is 18.0. The van der Waals surface area contributed by atoms with E-state index in [0.29, 0.717) is 13.0 Å². The number of nitrogens with one attached hydrogen (secondary N) is 2. The maximum atomic E-state index is 12.5. The van der Waals surface area contributed by atoms with Gasteiger partial charge in [-0.15, -0.1) is 0 Å². The molecule has 0 aliphatic carbocycles. The van der Waals surface area contributed by atoms with Crippen LogP contribution in [0.2, 0.25) is 0 Å². The van der Waals surface area contributed by atoms with Crippen LogP contribution in [0.15, 0.2) is 71.6 Å². The average molecular weight is 404 g/mol. The van der Waals surface area contributed by atoms with Crippen molar-refractivity contribution < 1.29 is 4.79 Å². The Morgan fingerprint density at radius 2 is 1.90 bits per heavy atom. The van der Waals surface area contributed by atoms with E-state index in [4.69, 9.17) is 0 Å². The predicted octanol–water partition coefficient (Wildman–Crippen LogP) is 4.79. The summed E-state index contributed by atoms with van der Waals surface area (Å²) in [7, 11) is 4.08. The molecule has 0 saturated heterocycles. The monoisotopic (exact) mass is 403 g/mol. The highest BCUT2D eigenvalue weighted by molar-refractivity contribution is 7.08. The number of hydrogen-bond acceptors (Lipinski definition) is 3. The lowest BCUT2D eigenvalue weighted by Gasteiger charge is -2.20. The summed E-state index contributed by atoms with van der Waals surface area (Å²) in [6.07, 6.45) is 2.49. The number of rotatable bonds is 7. The maximum Gasteiger partial charge on any atom is 0.224 e. The van der Waals surface area contributed by atoms with E-state index < -0.39 is 0 Å². The first kappa shape index (κ1) is 19.3. The van der Waals surface area contributed by atoms with Gasteiger partial charge in [-0.25, -0.2) is 0 Å². The van der Waals surface area contributed by atoms with Gasteiger partial charge in [0.15, 0.2) is 0 Å². The second kappa shape index (κ2) is 8.53. The summed E-state index contributed by atoms with van der Waals surface area (Å²) >= 11 is 1.62. The number of H-pyrrole nitrogens is 1. The first-order valence-electron chi connectivity index (χ1n) is 9.73. The highest BCUT2D eigenvalue weighted by atomic mass is 32.1. The molecule has 0 radical (unpaired) electrons. The number of aromatic amines is 1. The molecule has 29 heavy (non-hydrogen) atoms. The van der Waals surface area contributed by atoms with Crippen molar-refractivity contribution >= 4 is 33.8 Å². The number of benzene rings is 2.